The van der Waals surface area contributed by atoms with Gasteiger partial charge in [-0.3, -0.25) is 0 Å². The van der Waals surface area contributed by atoms with Gasteiger partial charge in [-0.2, -0.15) is 5.26 Å². The minimum atomic E-state index is -3.89. The molecule has 0 unspecified atom stereocenters. The molecule has 7 heteroatoms. The Kier molecular flexibility index (Phi) is 4.18. The van der Waals surface area contributed by atoms with Crippen molar-refractivity contribution in [2.45, 2.75) is 10.2 Å². The molecule has 0 aliphatic carbocycles. The molecule has 0 aliphatic heterocycles. The predicted molar refractivity (Wildman–Crippen MR) is 64.5 cm³/mol. The molecule has 0 bridgehead atoms. The van der Waals surface area contributed by atoms with Crippen LogP contribution in [0, 0.1) is 11.3 Å². The normalized spacial score (nSPS) is 11.1. The fraction of sp³-hybridized carbons (Fsp3) is 0.125. The molecule has 0 spiro atoms. The summed E-state index contributed by atoms with van der Waals surface area (Å²) < 4.78 is 22.7. The Morgan fingerprint density at radius 3 is 2.47 bits per heavy atom. The molecule has 1 aromatic carbocycles. The van der Waals surface area contributed by atoms with Crippen molar-refractivity contribution in [3.05, 3.63) is 27.7 Å². The van der Waals surface area contributed by atoms with Gasteiger partial charge in [0.1, 0.15) is 11.0 Å². The molecule has 80 valence electrons. The lowest BCUT2D eigenvalue weighted by atomic mass is 10.1. The van der Waals surface area contributed by atoms with Crippen molar-refractivity contribution < 1.29 is 8.42 Å². The number of nitrogens with zero attached hydrogens (tertiary/aromatic N) is 1. The third kappa shape index (κ3) is 2.72. The van der Waals surface area contributed by atoms with Crippen molar-refractivity contribution >= 4 is 51.6 Å². The molecule has 0 radical (unpaired) electrons. The molecule has 1 rings (SSSR count). The number of rotatable bonds is 2. The Labute approximate surface area is 109 Å². The third-order valence-corrected chi connectivity index (χ3v) is 4.58. The zero-order valence-electron chi connectivity index (χ0n) is 7.17. The molecule has 3 nitrogen and oxygen atoms in total. The van der Waals surface area contributed by atoms with E-state index in [2.05, 4.69) is 31.9 Å². The highest BCUT2D eigenvalue weighted by Crippen LogP contribution is 2.30. The summed E-state index contributed by atoms with van der Waals surface area (Å²) in [4.78, 5) is -0.178. The first-order valence-electron chi connectivity index (χ1n) is 3.64. The van der Waals surface area contributed by atoms with Crippen LogP contribution in [-0.2, 0) is 14.4 Å². The van der Waals surface area contributed by atoms with E-state index in [1.807, 2.05) is 6.07 Å². The van der Waals surface area contributed by atoms with Crippen molar-refractivity contribution in [2.24, 2.45) is 0 Å². The van der Waals surface area contributed by atoms with Crippen LogP contribution in [0.15, 0.2) is 21.5 Å². The van der Waals surface area contributed by atoms with Gasteiger partial charge in [0.25, 0.3) is 9.05 Å². The van der Waals surface area contributed by atoms with Gasteiger partial charge in [-0.25, -0.2) is 8.42 Å². The summed E-state index contributed by atoms with van der Waals surface area (Å²) in [6.07, 6.45) is 0. The topological polar surface area (TPSA) is 57.9 Å². The van der Waals surface area contributed by atoms with E-state index in [1.54, 1.807) is 6.07 Å². The highest BCUT2D eigenvalue weighted by Gasteiger charge is 2.19. The van der Waals surface area contributed by atoms with Gasteiger partial charge in [0.05, 0.1) is 5.56 Å². The summed E-state index contributed by atoms with van der Waals surface area (Å²) in [7, 11) is 1.31. The van der Waals surface area contributed by atoms with E-state index < -0.39 is 9.05 Å². The van der Waals surface area contributed by atoms with E-state index in [0.29, 0.717) is 9.80 Å². The number of nitriles is 1. The molecule has 15 heavy (non-hydrogen) atoms. The van der Waals surface area contributed by atoms with E-state index in [4.69, 9.17) is 15.9 Å². The minimum Gasteiger partial charge on any atom is -0.207 e. The Morgan fingerprint density at radius 2 is 2.07 bits per heavy atom. The van der Waals surface area contributed by atoms with Crippen LogP contribution in [0.1, 0.15) is 11.1 Å². The highest BCUT2D eigenvalue weighted by molar-refractivity contribution is 9.10. The zero-order chi connectivity index (χ0) is 11.6. The second-order valence-corrected chi connectivity index (χ2v) is 6.48. The Hall–Kier alpha value is -0.0900. The van der Waals surface area contributed by atoms with Crippen LogP contribution in [0.25, 0.3) is 0 Å². The molecule has 0 aliphatic rings. The first kappa shape index (κ1) is 13.0. The van der Waals surface area contributed by atoms with Crippen LogP contribution in [0.5, 0.6) is 0 Å². The summed E-state index contributed by atoms with van der Waals surface area (Å²) in [5, 5.41) is 9.38. The van der Waals surface area contributed by atoms with Crippen molar-refractivity contribution in [3.8, 4) is 6.07 Å². The zero-order valence-corrected chi connectivity index (χ0v) is 11.9. The van der Waals surface area contributed by atoms with Crippen LogP contribution >= 0.6 is 42.5 Å². The second kappa shape index (κ2) is 4.83. The molecule has 0 fully saturated rings. The molecule has 0 aromatic heterocycles. The predicted octanol–water partition coefficient (Wildman–Crippen LogP) is 3.14. The van der Waals surface area contributed by atoms with E-state index in [-0.39, 0.29) is 10.5 Å². The van der Waals surface area contributed by atoms with Crippen LogP contribution in [0.3, 0.4) is 0 Å². The molecular formula is C8H4Br2ClNO2S. The van der Waals surface area contributed by atoms with E-state index in [9.17, 15) is 8.42 Å². The van der Waals surface area contributed by atoms with Gasteiger partial charge in [-0.1, -0.05) is 22.0 Å². The molecule has 0 amide bonds. The fourth-order valence-electron chi connectivity index (χ4n) is 1.01. The Bertz CT molecular complexity index is 536. The smallest absolute Gasteiger partial charge is 0.207 e. The minimum absolute atomic E-state index is 0.0296. The van der Waals surface area contributed by atoms with Crippen LogP contribution in [0.4, 0.5) is 0 Å². The van der Waals surface area contributed by atoms with Crippen molar-refractivity contribution in [3.63, 3.8) is 0 Å². The van der Waals surface area contributed by atoms with Crippen LogP contribution in [-0.4, -0.2) is 8.42 Å². The monoisotopic (exact) mass is 371 g/mol. The Morgan fingerprint density at radius 1 is 1.47 bits per heavy atom. The second-order valence-electron chi connectivity index (χ2n) is 2.60. The summed E-state index contributed by atoms with van der Waals surface area (Å²) in [6, 6.07) is 4.73. The largest absolute Gasteiger partial charge is 0.262 e. The van der Waals surface area contributed by atoms with Gasteiger partial charge in [-0.15, -0.1) is 0 Å². The summed E-state index contributed by atoms with van der Waals surface area (Å²) in [5.41, 5.74) is 0.817. The summed E-state index contributed by atoms with van der Waals surface area (Å²) >= 11 is 6.39. The molecular weight excluding hydrogens is 369 g/mol. The van der Waals surface area contributed by atoms with E-state index in [1.165, 1.54) is 6.07 Å². The number of hydrogen-bond acceptors (Lipinski definition) is 3. The number of hydrogen-bond donors (Lipinski definition) is 0. The van der Waals surface area contributed by atoms with Gasteiger partial charge < -0.3 is 0 Å². The SMILES string of the molecule is N#Cc1c(S(=O)(=O)Cl)ccc(CBr)c1Br. The Balaban J connectivity index is 3.61. The van der Waals surface area contributed by atoms with Gasteiger partial charge in [0.2, 0.25) is 0 Å². The average Bonchev–Trinajstić information content (AvgIpc) is 2.15. The van der Waals surface area contributed by atoms with E-state index in [0.717, 1.165) is 5.56 Å². The first-order valence-corrected chi connectivity index (χ1v) is 7.86. The maximum Gasteiger partial charge on any atom is 0.262 e. The molecule has 0 N–H and O–H groups in total. The lowest BCUT2D eigenvalue weighted by molar-refractivity contribution is 0.609. The van der Waals surface area contributed by atoms with Crippen molar-refractivity contribution in [2.75, 3.05) is 0 Å². The lowest BCUT2D eigenvalue weighted by Gasteiger charge is -2.05. The van der Waals surface area contributed by atoms with E-state index >= 15 is 0 Å². The summed E-state index contributed by atoms with van der Waals surface area (Å²) in [6.45, 7) is 0. The molecule has 0 heterocycles. The van der Waals surface area contributed by atoms with Gasteiger partial charge in [0.15, 0.2) is 0 Å². The van der Waals surface area contributed by atoms with Gasteiger partial charge in [0, 0.05) is 20.5 Å². The van der Waals surface area contributed by atoms with Gasteiger partial charge >= 0.3 is 0 Å². The van der Waals surface area contributed by atoms with Crippen molar-refractivity contribution in [1.29, 1.82) is 5.26 Å². The molecule has 0 saturated carbocycles. The number of halogens is 3. The molecule has 0 atom stereocenters. The lowest BCUT2D eigenvalue weighted by Crippen LogP contribution is -1.98. The number of benzene rings is 1. The highest BCUT2D eigenvalue weighted by atomic mass is 79.9. The molecule has 1 aromatic rings. The fourth-order valence-corrected chi connectivity index (χ4v) is 3.57. The maximum atomic E-state index is 11.1. The van der Waals surface area contributed by atoms with Crippen LogP contribution < -0.4 is 0 Å². The average molecular weight is 373 g/mol. The first-order chi connectivity index (χ1) is 6.91. The van der Waals surface area contributed by atoms with Crippen molar-refractivity contribution in [1.82, 2.24) is 0 Å². The quantitative estimate of drug-likeness (QED) is 0.591. The van der Waals surface area contributed by atoms with Gasteiger partial charge in [-0.05, 0) is 27.6 Å². The summed E-state index contributed by atoms with van der Waals surface area (Å²) in [5.74, 6) is 0. The third-order valence-electron chi connectivity index (χ3n) is 1.70. The maximum absolute atomic E-state index is 11.1. The number of alkyl halides is 1. The van der Waals surface area contributed by atoms with Crippen LogP contribution in [0.2, 0.25) is 0 Å². The standard InChI is InChI=1S/C8H4Br2ClNO2S/c9-3-5-1-2-7(15(11,13)14)6(4-12)8(5)10/h1-2H,3H2. The molecule has 0 saturated heterocycles.